The monoisotopic (exact) mass is 362 g/mol. The van der Waals surface area contributed by atoms with E-state index >= 15 is 0 Å². The van der Waals surface area contributed by atoms with Gasteiger partial charge in [-0.15, -0.1) is 0 Å². The van der Waals surface area contributed by atoms with Crippen molar-refractivity contribution in [2.24, 2.45) is 5.92 Å². The van der Waals surface area contributed by atoms with Crippen LogP contribution in [0.4, 0.5) is 5.69 Å². The first-order chi connectivity index (χ1) is 12.1. The van der Waals surface area contributed by atoms with Crippen LogP contribution in [0, 0.1) is 5.92 Å². The Balaban J connectivity index is 1.56. The SMILES string of the molecule is CC(Cn1cc(Cl)cn1)C(=O)Nc1cccc(CN2CCOCC2)c1. The highest BCUT2D eigenvalue weighted by atomic mass is 35.5. The van der Waals surface area contributed by atoms with Crippen LogP contribution in [0.5, 0.6) is 0 Å². The quantitative estimate of drug-likeness (QED) is 0.858. The van der Waals surface area contributed by atoms with Gasteiger partial charge in [-0.3, -0.25) is 14.4 Å². The van der Waals surface area contributed by atoms with Gasteiger partial charge in [0.05, 0.1) is 36.9 Å². The predicted molar refractivity (Wildman–Crippen MR) is 97.6 cm³/mol. The lowest BCUT2D eigenvalue weighted by molar-refractivity contribution is -0.119. The van der Waals surface area contributed by atoms with E-state index < -0.39 is 0 Å². The van der Waals surface area contributed by atoms with E-state index in [0.717, 1.165) is 38.5 Å². The number of hydrogen-bond acceptors (Lipinski definition) is 4. The van der Waals surface area contributed by atoms with Crippen LogP contribution in [0.1, 0.15) is 12.5 Å². The van der Waals surface area contributed by atoms with Gasteiger partial charge < -0.3 is 10.1 Å². The van der Waals surface area contributed by atoms with Gasteiger partial charge in [0.25, 0.3) is 0 Å². The Kier molecular flexibility index (Phi) is 6.07. The van der Waals surface area contributed by atoms with Crippen molar-refractivity contribution in [1.82, 2.24) is 14.7 Å². The molecule has 1 aliphatic rings. The van der Waals surface area contributed by atoms with E-state index in [9.17, 15) is 4.79 Å². The molecule has 0 aliphatic carbocycles. The number of ether oxygens (including phenoxy) is 1. The van der Waals surface area contributed by atoms with Gasteiger partial charge >= 0.3 is 0 Å². The number of carbonyl (C=O) groups excluding carboxylic acids is 1. The molecule has 1 fully saturated rings. The second-order valence-corrected chi connectivity index (χ2v) is 6.80. The summed E-state index contributed by atoms with van der Waals surface area (Å²) in [4.78, 5) is 14.8. The Hall–Kier alpha value is -1.89. The lowest BCUT2D eigenvalue weighted by atomic mass is 10.1. The van der Waals surface area contributed by atoms with Gasteiger partial charge in [-0.2, -0.15) is 5.10 Å². The largest absolute Gasteiger partial charge is 0.379 e. The number of hydrogen-bond donors (Lipinski definition) is 1. The molecule has 1 unspecified atom stereocenters. The predicted octanol–water partition coefficient (Wildman–Crippen LogP) is 2.64. The molecule has 1 N–H and O–H groups in total. The third-order valence-electron chi connectivity index (χ3n) is 4.21. The zero-order valence-electron chi connectivity index (χ0n) is 14.3. The molecular formula is C18H23ClN4O2. The first-order valence-electron chi connectivity index (χ1n) is 8.48. The minimum atomic E-state index is -0.209. The van der Waals surface area contributed by atoms with E-state index in [1.165, 1.54) is 5.56 Å². The Bertz CT molecular complexity index is 713. The first-order valence-corrected chi connectivity index (χ1v) is 8.86. The minimum absolute atomic E-state index is 0.0323. The van der Waals surface area contributed by atoms with Crippen LogP contribution in [-0.2, 0) is 22.6 Å². The Labute approximate surface area is 152 Å². The summed E-state index contributed by atoms with van der Waals surface area (Å²) in [6.45, 7) is 6.69. The smallest absolute Gasteiger partial charge is 0.229 e. The van der Waals surface area contributed by atoms with Gasteiger partial charge in [-0.25, -0.2) is 0 Å². The summed E-state index contributed by atoms with van der Waals surface area (Å²) in [5.41, 5.74) is 2.01. The average molecular weight is 363 g/mol. The zero-order chi connectivity index (χ0) is 17.6. The number of rotatable bonds is 6. The first kappa shape index (κ1) is 17.9. The molecule has 1 aromatic carbocycles. The summed E-state index contributed by atoms with van der Waals surface area (Å²) >= 11 is 5.85. The van der Waals surface area contributed by atoms with Crippen molar-refractivity contribution in [2.45, 2.75) is 20.0 Å². The molecule has 1 aliphatic heterocycles. The van der Waals surface area contributed by atoms with Crippen LogP contribution in [0.3, 0.4) is 0 Å². The van der Waals surface area contributed by atoms with E-state index in [2.05, 4.69) is 21.4 Å². The summed E-state index contributed by atoms with van der Waals surface area (Å²) in [5, 5.41) is 7.68. The normalized spacial score (nSPS) is 16.6. The molecule has 0 saturated carbocycles. The molecule has 2 heterocycles. The summed E-state index contributed by atoms with van der Waals surface area (Å²) in [6.07, 6.45) is 3.29. The van der Waals surface area contributed by atoms with Crippen molar-refractivity contribution in [2.75, 3.05) is 31.6 Å². The summed E-state index contributed by atoms with van der Waals surface area (Å²) in [6, 6.07) is 8.01. The highest BCUT2D eigenvalue weighted by Gasteiger charge is 2.15. The number of carbonyl (C=O) groups is 1. The number of nitrogens with zero attached hydrogens (tertiary/aromatic N) is 3. The summed E-state index contributed by atoms with van der Waals surface area (Å²) in [5.74, 6) is -0.242. The van der Waals surface area contributed by atoms with Crippen molar-refractivity contribution in [3.8, 4) is 0 Å². The number of nitrogens with one attached hydrogen (secondary N) is 1. The third-order valence-corrected chi connectivity index (χ3v) is 4.41. The molecule has 1 saturated heterocycles. The van der Waals surface area contributed by atoms with Gasteiger partial charge in [0.2, 0.25) is 5.91 Å². The standard InChI is InChI=1S/C18H23ClN4O2/c1-14(11-23-13-16(19)10-20-23)18(24)21-17-4-2-3-15(9-17)12-22-5-7-25-8-6-22/h2-4,9-10,13-14H,5-8,11-12H2,1H3,(H,21,24). The summed E-state index contributed by atoms with van der Waals surface area (Å²) < 4.78 is 7.06. The third kappa shape index (κ3) is 5.29. The second-order valence-electron chi connectivity index (χ2n) is 6.36. The molecule has 3 rings (SSSR count). The molecular weight excluding hydrogens is 340 g/mol. The molecule has 7 heteroatoms. The maximum atomic E-state index is 12.4. The van der Waals surface area contributed by atoms with Crippen LogP contribution in [-0.4, -0.2) is 46.9 Å². The highest BCUT2D eigenvalue weighted by molar-refractivity contribution is 6.30. The van der Waals surface area contributed by atoms with Gasteiger partial charge in [-0.05, 0) is 17.7 Å². The van der Waals surface area contributed by atoms with Crippen molar-refractivity contribution in [3.05, 3.63) is 47.2 Å². The molecule has 0 radical (unpaired) electrons. The molecule has 6 nitrogen and oxygen atoms in total. The fraction of sp³-hybridized carbons (Fsp3) is 0.444. The van der Waals surface area contributed by atoms with E-state index in [1.807, 2.05) is 25.1 Å². The maximum Gasteiger partial charge on any atom is 0.229 e. The van der Waals surface area contributed by atoms with Gasteiger partial charge in [0, 0.05) is 31.5 Å². The Morgan fingerprint density at radius 2 is 2.20 bits per heavy atom. The van der Waals surface area contributed by atoms with Crippen LogP contribution in [0.15, 0.2) is 36.7 Å². The zero-order valence-corrected chi connectivity index (χ0v) is 15.1. The van der Waals surface area contributed by atoms with Crippen LogP contribution in [0.2, 0.25) is 5.02 Å². The molecule has 1 amide bonds. The Morgan fingerprint density at radius 3 is 2.92 bits per heavy atom. The van der Waals surface area contributed by atoms with Gasteiger partial charge in [0.1, 0.15) is 0 Å². The number of halogens is 1. The molecule has 134 valence electrons. The number of anilines is 1. The fourth-order valence-electron chi connectivity index (χ4n) is 2.83. The second kappa shape index (κ2) is 8.47. The Morgan fingerprint density at radius 1 is 1.40 bits per heavy atom. The molecule has 1 atom stereocenters. The minimum Gasteiger partial charge on any atom is -0.379 e. The lowest BCUT2D eigenvalue weighted by Gasteiger charge is -2.26. The van der Waals surface area contributed by atoms with Crippen LogP contribution < -0.4 is 5.32 Å². The van der Waals surface area contributed by atoms with E-state index in [-0.39, 0.29) is 11.8 Å². The molecule has 25 heavy (non-hydrogen) atoms. The lowest BCUT2D eigenvalue weighted by Crippen LogP contribution is -2.35. The van der Waals surface area contributed by atoms with E-state index in [4.69, 9.17) is 16.3 Å². The number of benzene rings is 1. The topological polar surface area (TPSA) is 59.4 Å². The van der Waals surface area contributed by atoms with Crippen molar-refractivity contribution in [3.63, 3.8) is 0 Å². The van der Waals surface area contributed by atoms with Crippen LogP contribution in [0.25, 0.3) is 0 Å². The number of aromatic nitrogens is 2. The number of amides is 1. The van der Waals surface area contributed by atoms with Gasteiger partial charge in [0.15, 0.2) is 0 Å². The molecule has 1 aromatic heterocycles. The van der Waals surface area contributed by atoms with Crippen molar-refractivity contribution >= 4 is 23.2 Å². The average Bonchev–Trinajstić information content (AvgIpc) is 3.01. The van der Waals surface area contributed by atoms with Gasteiger partial charge in [-0.1, -0.05) is 30.7 Å². The van der Waals surface area contributed by atoms with Crippen molar-refractivity contribution in [1.29, 1.82) is 0 Å². The fourth-order valence-corrected chi connectivity index (χ4v) is 2.99. The van der Waals surface area contributed by atoms with E-state index in [1.54, 1.807) is 17.1 Å². The van der Waals surface area contributed by atoms with E-state index in [0.29, 0.717) is 11.6 Å². The number of morpholine rings is 1. The molecule has 2 aromatic rings. The van der Waals surface area contributed by atoms with Crippen molar-refractivity contribution < 1.29 is 9.53 Å². The molecule has 0 spiro atoms. The maximum absolute atomic E-state index is 12.4. The van der Waals surface area contributed by atoms with Crippen LogP contribution >= 0.6 is 11.6 Å². The molecule has 0 bridgehead atoms. The summed E-state index contributed by atoms with van der Waals surface area (Å²) in [7, 11) is 0. The highest BCUT2D eigenvalue weighted by Crippen LogP contribution is 2.15.